The molecule has 1 aliphatic rings. The monoisotopic (exact) mass is 132 g/mol. The molecule has 0 nitrogen and oxygen atoms in total. The van der Waals surface area contributed by atoms with E-state index in [0.29, 0.717) is 5.38 Å². The van der Waals surface area contributed by atoms with Crippen LogP contribution in [0.4, 0.5) is 0 Å². The van der Waals surface area contributed by atoms with Crippen molar-refractivity contribution in [3.8, 4) is 0 Å². The highest BCUT2D eigenvalue weighted by atomic mass is 35.5. The second-order valence-corrected chi connectivity index (χ2v) is 3.49. The summed E-state index contributed by atoms with van der Waals surface area (Å²) in [6.45, 7) is 2.29. The van der Waals surface area contributed by atoms with Crippen molar-refractivity contribution in [2.75, 3.05) is 0 Å². The molecule has 0 aliphatic heterocycles. The van der Waals surface area contributed by atoms with Crippen LogP contribution in [-0.4, -0.2) is 5.38 Å². The molecule has 0 aromatic rings. The van der Waals surface area contributed by atoms with Gasteiger partial charge in [0.05, 0.1) is 0 Å². The first-order valence-corrected chi connectivity index (χ1v) is 3.86. The summed E-state index contributed by atoms with van der Waals surface area (Å²) in [5.41, 5.74) is 0. The molecule has 0 N–H and O–H groups in total. The highest BCUT2D eigenvalue weighted by Crippen LogP contribution is 2.26. The van der Waals surface area contributed by atoms with Crippen molar-refractivity contribution >= 4 is 11.6 Å². The van der Waals surface area contributed by atoms with Crippen molar-refractivity contribution in [1.82, 2.24) is 0 Å². The van der Waals surface area contributed by atoms with Crippen LogP contribution >= 0.6 is 11.6 Å². The summed E-state index contributed by atoms with van der Waals surface area (Å²) in [5.74, 6) is 0.881. The Morgan fingerprint density at radius 3 is 2.50 bits per heavy atom. The van der Waals surface area contributed by atoms with Gasteiger partial charge >= 0.3 is 0 Å². The van der Waals surface area contributed by atoms with Gasteiger partial charge in [0.15, 0.2) is 0 Å². The lowest BCUT2D eigenvalue weighted by Crippen LogP contribution is -2.12. The Morgan fingerprint density at radius 1 is 1.38 bits per heavy atom. The van der Waals surface area contributed by atoms with Crippen LogP contribution in [0.25, 0.3) is 0 Å². The highest BCUT2D eigenvalue weighted by molar-refractivity contribution is 6.20. The van der Waals surface area contributed by atoms with E-state index in [2.05, 4.69) is 6.92 Å². The van der Waals surface area contributed by atoms with Crippen molar-refractivity contribution in [2.24, 2.45) is 5.92 Å². The SMILES string of the molecule is C[C@H]1CCCC(Cl)C1. The fourth-order valence-electron chi connectivity index (χ4n) is 1.36. The largest absolute Gasteiger partial charge is 0.123 e. The van der Waals surface area contributed by atoms with Gasteiger partial charge in [0.2, 0.25) is 0 Å². The van der Waals surface area contributed by atoms with E-state index in [9.17, 15) is 0 Å². The predicted molar refractivity (Wildman–Crippen MR) is 37.3 cm³/mol. The molecule has 0 spiro atoms. The average Bonchev–Trinajstić information content (AvgIpc) is 1.64. The van der Waals surface area contributed by atoms with Gasteiger partial charge in [-0.15, -0.1) is 11.6 Å². The summed E-state index contributed by atoms with van der Waals surface area (Å²) in [6.07, 6.45) is 5.21. The van der Waals surface area contributed by atoms with Crippen molar-refractivity contribution in [1.29, 1.82) is 0 Å². The summed E-state index contributed by atoms with van der Waals surface area (Å²) in [4.78, 5) is 0. The van der Waals surface area contributed by atoms with E-state index in [1.54, 1.807) is 0 Å². The summed E-state index contributed by atoms with van der Waals surface area (Å²) in [5, 5.41) is 0.485. The molecule has 0 saturated heterocycles. The molecule has 0 bridgehead atoms. The Hall–Kier alpha value is 0.290. The van der Waals surface area contributed by atoms with Gasteiger partial charge in [-0.1, -0.05) is 19.8 Å². The smallest absolute Gasteiger partial charge is 0.0338 e. The molecule has 0 amide bonds. The number of halogens is 1. The standard InChI is InChI=1S/C7H13Cl/c1-6-3-2-4-7(8)5-6/h6-7H,2-5H2,1H3/t6-,7?/m0/s1. The molecule has 8 heavy (non-hydrogen) atoms. The van der Waals surface area contributed by atoms with Crippen LogP contribution in [0.3, 0.4) is 0 Å². The lowest BCUT2D eigenvalue weighted by molar-refractivity contribution is 0.390. The van der Waals surface area contributed by atoms with Gasteiger partial charge in [0.1, 0.15) is 0 Å². The molecule has 0 aromatic heterocycles. The first kappa shape index (κ1) is 6.41. The Morgan fingerprint density at radius 2 is 2.12 bits per heavy atom. The molecule has 2 atom stereocenters. The van der Waals surface area contributed by atoms with E-state index in [0.717, 1.165) is 5.92 Å². The molecule has 1 heteroatoms. The highest BCUT2D eigenvalue weighted by Gasteiger charge is 2.15. The third-order valence-corrected chi connectivity index (χ3v) is 2.27. The maximum atomic E-state index is 5.91. The third kappa shape index (κ3) is 1.66. The van der Waals surface area contributed by atoms with E-state index < -0.39 is 0 Å². The van der Waals surface area contributed by atoms with Crippen molar-refractivity contribution in [3.05, 3.63) is 0 Å². The number of hydrogen-bond acceptors (Lipinski definition) is 0. The first-order chi connectivity index (χ1) is 3.79. The zero-order valence-electron chi connectivity index (χ0n) is 5.36. The van der Waals surface area contributed by atoms with Crippen LogP contribution in [0.15, 0.2) is 0 Å². The Kier molecular flexibility index (Phi) is 2.18. The molecule has 1 fully saturated rings. The van der Waals surface area contributed by atoms with E-state index in [4.69, 9.17) is 11.6 Å². The van der Waals surface area contributed by atoms with E-state index in [1.165, 1.54) is 25.7 Å². The molecule has 0 heterocycles. The minimum Gasteiger partial charge on any atom is -0.123 e. The first-order valence-electron chi connectivity index (χ1n) is 3.43. The molecule has 1 rings (SSSR count). The van der Waals surface area contributed by atoms with Gasteiger partial charge in [-0.25, -0.2) is 0 Å². The van der Waals surface area contributed by atoms with E-state index in [-0.39, 0.29) is 0 Å². The van der Waals surface area contributed by atoms with Crippen LogP contribution in [0.2, 0.25) is 0 Å². The minimum absolute atomic E-state index is 0.485. The summed E-state index contributed by atoms with van der Waals surface area (Å²) >= 11 is 5.91. The van der Waals surface area contributed by atoms with Gasteiger partial charge in [0, 0.05) is 5.38 Å². The second-order valence-electron chi connectivity index (χ2n) is 2.87. The van der Waals surface area contributed by atoms with Gasteiger partial charge in [-0.2, -0.15) is 0 Å². The molecule has 0 radical (unpaired) electrons. The lowest BCUT2D eigenvalue weighted by atomic mass is 9.91. The normalized spacial score (nSPS) is 39.8. The number of rotatable bonds is 0. The van der Waals surface area contributed by atoms with Crippen LogP contribution < -0.4 is 0 Å². The topological polar surface area (TPSA) is 0 Å². The maximum Gasteiger partial charge on any atom is 0.0338 e. The minimum atomic E-state index is 0.485. The summed E-state index contributed by atoms with van der Waals surface area (Å²) in [7, 11) is 0. The van der Waals surface area contributed by atoms with Crippen molar-refractivity contribution in [2.45, 2.75) is 38.0 Å². The Bertz CT molecular complexity index is 62.8. The second kappa shape index (κ2) is 2.72. The van der Waals surface area contributed by atoms with Crippen LogP contribution in [0, 0.1) is 5.92 Å². The lowest BCUT2D eigenvalue weighted by Gasteiger charge is -2.21. The quantitative estimate of drug-likeness (QED) is 0.445. The molecule has 48 valence electrons. The molecular formula is C7H13Cl. The maximum absolute atomic E-state index is 5.91. The third-order valence-electron chi connectivity index (χ3n) is 1.87. The van der Waals surface area contributed by atoms with Crippen LogP contribution in [0.5, 0.6) is 0 Å². The number of hydrogen-bond donors (Lipinski definition) is 0. The molecule has 1 aliphatic carbocycles. The zero-order valence-corrected chi connectivity index (χ0v) is 6.12. The summed E-state index contributed by atoms with van der Waals surface area (Å²) < 4.78 is 0. The molecule has 1 unspecified atom stereocenters. The van der Waals surface area contributed by atoms with Crippen molar-refractivity contribution in [3.63, 3.8) is 0 Å². The predicted octanol–water partition coefficient (Wildman–Crippen LogP) is 2.80. The van der Waals surface area contributed by atoms with E-state index in [1.807, 2.05) is 0 Å². The molecular weight excluding hydrogens is 120 g/mol. The Labute approximate surface area is 56.2 Å². The van der Waals surface area contributed by atoms with Gasteiger partial charge in [0.25, 0.3) is 0 Å². The van der Waals surface area contributed by atoms with Gasteiger partial charge in [-0.05, 0) is 18.8 Å². The van der Waals surface area contributed by atoms with Gasteiger partial charge < -0.3 is 0 Å². The Balaban J connectivity index is 2.23. The average molecular weight is 133 g/mol. The van der Waals surface area contributed by atoms with Crippen LogP contribution in [0.1, 0.15) is 32.6 Å². The zero-order chi connectivity index (χ0) is 5.98. The van der Waals surface area contributed by atoms with Crippen LogP contribution in [-0.2, 0) is 0 Å². The molecule has 1 saturated carbocycles. The fraction of sp³-hybridized carbons (Fsp3) is 1.00. The summed E-state index contributed by atoms with van der Waals surface area (Å²) in [6, 6.07) is 0. The molecule has 0 aromatic carbocycles. The van der Waals surface area contributed by atoms with Crippen molar-refractivity contribution < 1.29 is 0 Å². The van der Waals surface area contributed by atoms with Gasteiger partial charge in [-0.3, -0.25) is 0 Å². The fourth-order valence-corrected chi connectivity index (χ4v) is 1.82. The van der Waals surface area contributed by atoms with E-state index >= 15 is 0 Å². The number of alkyl halides is 1.